The van der Waals surface area contributed by atoms with Crippen molar-refractivity contribution in [1.29, 1.82) is 0 Å². The van der Waals surface area contributed by atoms with Crippen LogP contribution < -0.4 is 5.73 Å². The Bertz CT molecular complexity index is 473. The highest BCUT2D eigenvalue weighted by molar-refractivity contribution is 9.10. The molecule has 1 unspecified atom stereocenters. The molecule has 1 aromatic rings. The molecule has 0 amide bonds. The molecule has 0 aliphatic carbocycles. The number of rotatable bonds is 3. The highest BCUT2D eigenvalue weighted by Crippen LogP contribution is 2.27. The zero-order chi connectivity index (χ0) is 12.4. The normalized spacial score (nSPS) is 19.3. The average Bonchev–Trinajstić information content (AvgIpc) is 2.66. The summed E-state index contributed by atoms with van der Waals surface area (Å²) in [5.41, 5.74) is 6.66. The summed E-state index contributed by atoms with van der Waals surface area (Å²) in [5.74, 6) is 0.213. The van der Waals surface area contributed by atoms with Gasteiger partial charge in [-0.15, -0.1) is 6.58 Å². The molecule has 17 heavy (non-hydrogen) atoms. The lowest BCUT2D eigenvalue weighted by Gasteiger charge is -2.25. The third-order valence-corrected chi connectivity index (χ3v) is 3.39. The summed E-state index contributed by atoms with van der Waals surface area (Å²) < 4.78 is 13.9. The predicted octanol–water partition coefficient (Wildman–Crippen LogP) is 2.45. The van der Waals surface area contributed by atoms with Crippen LogP contribution in [0.2, 0.25) is 0 Å². The monoisotopic (exact) mass is 297 g/mol. The van der Waals surface area contributed by atoms with E-state index in [0.29, 0.717) is 23.5 Å². The van der Waals surface area contributed by atoms with E-state index in [1.165, 1.54) is 6.07 Å². The second kappa shape index (κ2) is 4.87. The summed E-state index contributed by atoms with van der Waals surface area (Å²) in [6, 6.07) is 5.09. The SMILES string of the molecule is C=CCN1C(N)=NCC1c1ccc(Br)c(F)c1. The number of hydrogen-bond donors (Lipinski definition) is 1. The molecular weight excluding hydrogens is 285 g/mol. The Kier molecular flexibility index (Phi) is 3.47. The largest absolute Gasteiger partial charge is 0.370 e. The first-order chi connectivity index (χ1) is 8.13. The van der Waals surface area contributed by atoms with Crippen molar-refractivity contribution in [2.45, 2.75) is 6.04 Å². The maximum Gasteiger partial charge on any atom is 0.192 e. The standard InChI is InChI=1S/C12H13BrFN3/c1-2-5-17-11(7-16-12(17)15)8-3-4-9(13)10(14)6-8/h2-4,6,11H,1,5,7H2,(H2,15,16). The molecule has 0 saturated carbocycles. The molecule has 0 saturated heterocycles. The fourth-order valence-electron chi connectivity index (χ4n) is 1.89. The van der Waals surface area contributed by atoms with Gasteiger partial charge in [-0.2, -0.15) is 0 Å². The van der Waals surface area contributed by atoms with Gasteiger partial charge in [-0.1, -0.05) is 12.1 Å². The summed E-state index contributed by atoms with van der Waals surface area (Å²) in [7, 11) is 0. The Morgan fingerprint density at radius 2 is 2.41 bits per heavy atom. The lowest BCUT2D eigenvalue weighted by molar-refractivity contribution is 0.379. The van der Waals surface area contributed by atoms with Crippen molar-refractivity contribution >= 4 is 21.9 Å². The molecule has 0 bridgehead atoms. The van der Waals surface area contributed by atoms with Gasteiger partial charge >= 0.3 is 0 Å². The summed E-state index contributed by atoms with van der Waals surface area (Å²) in [6.07, 6.45) is 1.76. The average molecular weight is 298 g/mol. The van der Waals surface area contributed by atoms with E-state index in [1.807, 2.05) is 11.0 Å². The molecule has 1 aliphatic heterocycles. The van der Waals surface area contributed by atoms with E-state index in [1.54, 1.807) is 12.1 Å². The van der Waals surface area contributed by atoms with Gasteiger partial charge in [-0.05, 0) is 33.6 Å². The Labute approximate surface area is 108 Å². The van der Waals surface area contributed by atoms with E-state index in [2.05, 4.69) is 27.5 Å². The molecule has 1 atom stereocenters. The molecule has 0 radical (unpaired) electrons. The smallest absolute Gasteiger partial charge is 0.192 e. The van der Waals surface area contributed by atoms with Crippen molar-refractivity contribution in [3.63, 3.8) is 0 Å². The van der Waals surface area contributed by atoms with E-state index in [4.69, 9.17) is 5.73 Å². The van der Waals surface area contributed by atoms with Gasteiger partial charge in [0.15, 0.2) is 5.96 Å². The topological polar surface area (TPSA) is 41.6 Å². The Morgan fingerprint density at radius 3 is 3.06 bits per heavy atom. The lowest BCUT2D eigenvalue weighted by atomic mass is 10.1. The zero-order valence-electron chi connectivity index (χ0n) is 9.24. The number of aliphatic imine (C=N–C) groups is 1. The van der Waals surface area contributed by atoms with Crippen molar-refractivity contribution < 1.29 is 4.39 Å². The fourth-order valence-corrected chi connectivity index (χ4v) is 2.14. The van der Waals surface area contributed by atoms with Crippen LogP contribution in [-0.2, 0) is 0 Å². The van der Waals surface area contributed by atoms with Gasteiger partial charge < -0.3 is 10.6 Å². The summed E-state index contributed by atoms with van der Waals surface area (Å²) >= 11 is 3.14. The molecule has 0 spiro atoms. The number of halogens is 2. The van der Waals surface area contributed by atoms with Crippen molar-refractivity contribution in [1.82, 2.24) is 4.90 Å². The van der Waals surface area contributed by atoms with E-state index in [0.717, 1.165) is 5.56 Å². The van der Waals surface area contributed by atoms with Crippen LogP contribution in [0.25, 0.3) is 0 Å². The second-order valence-electron chi connectivity index (χ2n) is 3.83. The quantitative estimate of drug-likeness (QED) is 0.871. The minimum atomic E-state index is -0.272. The number of nitrogens with two attached hydrogens (primary N) is 1. The van der Waals surface area contributed by atoms with Crippen molar-refractivity contribution in [2.75, 3.05) is 13.1 Å². The van der Waals surface area contributed by atoms with Gasteiger partial charge in [0, 0.05) is 6.54 Å². The number of nitrogens with zero attached hydrogens (tertiary/aromatic N) is 2. The summed E-state index contributed by atoms with van der Waals surface area (Å²) in [6.45, 7) is 4.85. The van der Waals surface area contributed by atoms with Gasteiger partial charge in [-0.3, -0.25) is 4.99 Å². The van der Waals surface area contributed by atoms with Crippen LogP contribution >= 0.6 is 15.9 Å². The molecule has 1 aromatic carbocycles. The van der Waals surface area contributed by atoms with Crippen LogP contribution in [0.5, 0.6) is 0 Å². The Balaban J connectivity index is 2.27. The summed E-state index contributed by atoms with van der Waals surface area (Å²) in [4.78, 5) is 6.10. The van der Waals surface area contributed by atoms with E-state index in [-0.39, 0.29) is 11.9 Å². The zero-order valence-corrected chi connectivity index (χ0v) is 10.8. The van der Waals surface area contributed by atoms with Crippen LogP contribution in [0.3, 0.4) is 0 Å². The molecule has 1 heterocycles. The van der Waals surface area contributed by atoms with Crippen LogP contribution in [0.15, 0.2) is 40.3 Å². The molecule has 5 heteroatoms. The molecular formula is C12H13BrFN3. The van der Waals surface area contributed by atoms with Gasteiger partial charge in [0.2, 0.25) is 0 Å². The third kappa shape index (κ3) is 2.34. The number of benzene rings is 1. The highest BCUT2D eigenvalue weighted by atomic mass is 79.9. The maximum absolute atomic E-state index is 13.5. The van der Waals surface area contributed by atoms with Crippen LogP contribution in [0.4, 0.5) is 4.39 Å². The van der Waals surface area contributed by atoms with Gasteiger partial charge in [0.1, 0.15) is 5.82 Å². The molecule has 0 fully saturated rings. The second-order valence-corrected chi connectivity index (χ2v) is 4.68. The van der Waals surface area contributed by atoms with E-state index >= 15 is 0 Å². The van der Waals surface area contributed by atoms with Gasteiger partial charge in [0.05, 0.1) is 17.1 Å². The minimum absolute atomic E-state index is 0.00407. The maximum atomic E-state index is 13.5. The Hall–Kier alpha value is -1.36. The number of guanidine groups is 1. The molecule has 2 N–H and O–H groups in total. The predicted molar refractivity (Wildman–Crippen MR) is 70.2 cm³/mol. The molecule has 3 nitrogen and oxygen atoms in total. The molecule has 90 valence electrons. The first-order valence-electron chi connectivity index (χ1n) is 5.26. The van der Waals surface area contributed by atoms with Gasteiger partial charge in [-0.25, -0.2) is 4.39 Å². The fraction of sp³-hybridized carbons (Fsp3) is 0.250. The number of hydrogen-bond acceptors (Lipinski definition) is 3. The van der Waals surface area contributed by atoms with E-state index in [9.17, 15) is 4.39 Å². The summed E-state index contributed by atoms with van der Waals surface area (Å²) in [5, 5.41) is 0. The van der Waals surface area contributed by atoms with Crippen molar-refractivity contribution in [3.05, 3.63) is 46.7 Å². The highest BCUT2D eigenvalue weighted by Gasteiger charge is 2.26. The molecule has 0 aromatic heterocycles. The minimum Gasteiger partial charge on any atom is -0.370 e. The van der Waals surface area contributed by atoms with Crippen molar-refractivity contribution in [3.8, 4) is 0 Å². The van der Waals surface area contributed by atoms with Crippen LogP contribution in [0.1, 0.15) is 11.6 Å². The van der Waals surface area contributed by atoms with Crippen LogP contribution in [-0.4, -0.2) is 23.9 Å². The first kappa shape index (κ1) is 12.1. The first-order valence-corrected chi connectivity index (χ1v) is 6.05. The molecule has 1 aliphatic rings. The van der Waals surface area contributed by atoms with Crippen LogP contribution in [0, 0.1) is 5.82 Å². The van der Waals surface area contributed by atoms with Crippen molar-refractivity contribution in [2.24, 2.45) is 10.7 Å². The molecule has 2 rings (SSSR count). The lowest BCUT2D eigenvalue weighted by Crippen LogP contribution is -2.36. The third-order valence-electron chi connectivity index (χ3n) is 2.75. The van der Waals surface area contributed by atoms with Gasteiger partial charge in [0.25, 0.3) is 0 Å². The Morgan fingerprint density at radius 1 is 1.65 bits per heavy atom. The van der Waals surface area contributed by atoms with E-state index < -0.39 is 0 Å².